The fraction of sp³-hybridized carbons (Fsp3) is 0.600. The van der Waals surface area contributed by atoms with Crippen molar-refractivity contribution in [2.75, 3.05) is 43.0 Å². The van der Waals surface area contributed by atoms with Crippen LogP contribution in [0.15, 0.2) is 60.7 Å². The number of anilines is 1. The Labute approximate surface area is 674 Å². The Kier molecular flexibility index (Phi) is 41.8. The Hall–Kier alpha value is -10.9. The molecule has 2 aromatic carbocycles. The Morgan fingerprint density at radius 1 is 0.466 bits per heavy atom. The quantitative estimate of drug-likeness (QED) is 0.0283. The maximum atomic E-state index is 14.7. The molecule has 2 saturated heterocycles. The summed E-state index contributed by atoms with van der Waals surface area (Å²) in [6.45, 7) is 8.36. The topological polar surface area (TPSA) is 651 Å². The van der Waals surface area contributed by atoms with Gasteiger partial charge in [0.2, 0.25) is 82.7 Å². The molecule has 0 unspecified atom stereocenters. The number of hydrogen-bond donors (Lipinski definition) is 20. The Bertz CT molecular complexity index is 3730. The molecule has 0 radical (unpaired) electrons. The van der Waals surface area contributed by atoms with Gasteiger partial charge in [-0.1, -0.05) is 76.2 Å². The number of nitrogens with zero attached hydrogens (tertiary/aromatic N) is 2. The lowest BCUT2D eigenvalue weighted by Gasteiger charge is -2.32. The zero-order valence-electron chi connectivity index (χ0n) is 65.7. The molecule has 4 rings (SSSR count). The van der Waals surface area contributed by atoms with E-state index >= 15 is 0 Å². The zero-order chi connectivity index (χ0) is 86.5. The molecule has 2 fully saturated rings. The maximum absolute atomic E-state index is 14.7. The fourth-order valence-corrected chi connectivity index (χ4v) is 13.7. The van der Waals surface area contributed by atoms with Crippen LogP contribution in [0.2, 0.25) is 0 Å². The van der Waals surface area contributed by atoms with Crippen LogP contribution >= 0.6 is 11.8 Å². The normalized spacial score (nSPS) is 16.9. The van der Waals surface area contributed by atoms with Crippen LogP contribution < -0.4 is 81.4 Å². The molecule has 116 heavy (non-hydrogen) atoms. The van der Waals surface area contributed by atoms with Crippen LogP contribution in [0.4, 0.5) is 5.69 Å². The van der Waals surface area contributed by atoms with Gasteiger partial charge < -0.3 is 117 Å². The third-order valence-corrected chi connectivity index (χ3v) is 19.7. The molecule has 2 heterocycles. The number of hydrogen-bond acceptors (Lipinski definition) is 23. The molecule has 0 spiro atoms. The number of thioether (sulfide) groups is 1. The highest BCUT2D eigenvalue weighted by atomic mass is 32.2. The highest BCUT2D eigenvalue weighted by molar-refractivity contribution is 8.00. The molecule has 2 aliphatic rings. The van der Waals surface area contributed by atoms with Gasteiger partial charge in [0.25, 0.3) is 0 Å². The standard InChI is InChI=1S/C75H113N17O23S/c1-40(2)32-45(78)63(102)82-47(22-12-14-28-76)73(112)91-30-16-25-56(91)71(110)88-53(37-61(100)101)74(113)92-31-17-24-55(92)70(109)86-51(35-57(79)94)68(107)90-62(42(5)93)72(111)87-49(33-41(3)4)65(104)89-54(38-116-39-58(95)80-44-20-10-7-11-21-44)69(108)85-52(36-60(98)99)67(106)81-46(26-27-59(96)97)64(103)84-50(34-43-18-8-6-9-19-43)66(105)83-48(75(114)115)23-13-15-29-77/h6-11,18-21,40-42,45-56,62,93H,12-17,22-39,76-78H2,1-5H3,(H2,79,94)(H,80,95)(H,81,106)(H,82,102)(H,83,105)(H,84,103)(H,85,108)(H,86,109)(H,87,111)(H,88,110)(H,89,104)(H,90,107)(H,96,97)(H,98,99)(H,100,101)(H,114,115)/t42-,45+,46+,47+,48+,49+,50+,51+,52+,53+,54+,55+,56+,62+/m1/s1. The molecule has 0 aromatic heterocycles. The SMILES string of the molecule is CC(C)C[C@H](NC(=O)[C@@H](NC(=O)[C@H](CC(N)=O)NC(=O)[C@@H]1CCCN1C(=O)[C@H](CC(=O)O)NC(=O)[C@@H]1CCCN1C(=O)[C@H](CCCCN)NC(=O)[C@@H](N)CC(C)C)[C@@H](C)O)C(=O)N[C@@H](CSCC(=O)Nc1ccccc1)C(=O)N[C@@H](CC(=O)O)C(=O)N[C@@H](CCC(=O)O)C(=O)N[C@@H](Cc1ccccc1)C(=O)N[C@@H](CCCCN)C(=O)O. The number of carbonyl (C=O) groups is 18. The summed E-state index contributed by atoms with van der Waals surface area (Å²) >= 11 is 0.747. The molecule has 642 valence electrons. The smallest absolute Gasteiger partial charge is 0.326 e. The highest BCUT2D eigenvalue weighted by Crippen LogP contribution is 2.24. The predicted molar refractivity (Wildman–Crippen MR) is 419 cm³/mol. The van der Waals surface area contributed by atoms with Gasteiger partial charge in [0.1, 0.15) is 72.5 Å². The van der Waals surface area contributed by atoms with Crippen molar-refractivity contribution >= 4 is 124 Å². The van der Waals surface area contributed by atoms with Gasteiger partial charge in [-0.15, -0.1) is 11.8 Å². The Balaban J connectivity index is 1.60. The van der Waals surface area contributed by atoms with E-state index in [2.05, 4.69) is 58.5 Å². The predicted octanol–water partition coefficient (Wildman–Crippen LogP) is -3.74. The van der Waals surface area contributed by atoms with E-state index in [1.165, 1.54) is 4.90 Å². The van der Waals surface area contributed by atoms with Crippen molar-refractivity contribution in [1.82, 2.24) is 63.0 Å². The van der Waals surface area contributed by atoms with Gasteiger partial charge in [-0.3, -0.25) is 81.5 Å². The van der Waals surface area contributed by atoms with Crippen LogP contribution in [0.3, 0.4) is 0 Å². The molecule has 0 saturated carbocycles. The Morgan fingerprint density at radius 3 is 1.43 bits per heavy atom. The number of nitrogens with two attached hydrogens (primary N) is 4. The largest absolute Gasteiger partial charge is 0.481 e. The van der Waals surface area contributed by atoms with Crippen molar-refractivity contribution < 1.29 is 112 Å². The van der Waals surface area contributed by atoms with E-state index in [1.54, 1.807) is 74.5 Å². The van der Waals surface area contributed by atoms with Crippen molar-refractivity contribution in [3.05, 3.63) is 66.2 Å². The van der Waals surface area contributed by atoms with Gasteiger partial charge in [0.05, 0.1) is 37.2 Å². The number of carboxylic acid groups (broad SMARTS) is 4. The van der Waals surface area contributed by atoms with Crippen LogP contribution in [0.5, 0.6) is 0 Å². The summed E-state index contributed by atoms with van der Waals surface area (Å²) in [4.78, 5) is 248. The molecule has 41 heteroatoms. The third-order valence-electron chi connectivity index (χ3n) is 18.7. The third kappa shape index (κ3) is 33.9. The van der Waals surface area contributed by atoms with Gasteiger partial charge in [-0.25, -0.2) is 4.79 Å². The van der Waals surface area contributed by atoms with E-state index in [0.717, 1.165) is 23.6 Å². The molecule has 2 aromatic rings. The molecular formula is C75H113N17O23S. The van der Waals surface area contributed by atoms with E-state index in [1.807, 2.05) is 13.8 Å². The number of carboxylic acids is 4. The van der Waals surface area contributed by atoms with Crippen molar-refractivity contribution in [3.8, 4) is 0 Å². The van der Waals surface area contributed by atoms with Gasteiger partial charge in [0.15, 0.2) is 0 Å². The lowest BCUT2D eigenvalue weighted by atomic mass is 10.0. The van der Waals surface area contributed by atoms with Crippen LogP contribution in [-0.2, 0) is 92.7 Å². The number of aliphatic hydroxyl groups is 1. The monoisotopic (exact) mass is 1650 g/mol. The average Bonchev–Trinajstić information content (AvgIpc) is 1.65. The number of aliphatic hydroxyl groups excluding tert-OH is 1. The molecule has 0 aliphatic carbocycles. The summed E-state index contributed by atoms with van der Waals surface area (Å²) in [7, 11) is 0. The number of nitrogens with one attached hydrogen (secondary N) is 11. The summed E-state index contributed by atoms with van der Waals surface area (Å²) in [5.41, 5.74) is 23.8. The van der Waals surface area contributed by atoms with Gasteiger partial charge in [-0.05, 0) is 133 Å². The number of aliphatic carboxylic acids is 4. The minimum atomic E-state index is -2.16. The number of rotatable bonds is 52. The molecule has 14 amide bonds. The average molecular weight is 1650 g/mol. The second kappa shape index (κ2) is 49.8. The van der Waals surface area contributed by atoms with Gasteiger partial charge >= 0.3 is 23.9 Å². The van der Waals surface area contributed by atoms with Crippen LogP contribution in [0.1, 0.15) is 149 Å². The molecule has 14 atom stereocenters. The van der Waals surface area contributed by atoms with Crippen LogP contribution in [0, 0.1) is 11.8 Å². The number of benzene rings is 2. The summed E-state index contributed by atoms with van der Waals surface area (Å²) in [6.07, 6.45) is -4.72. The summed E-state index contributed by atoms with van der Waals surface area (Å²) < 4.78 is 0. The minimum absolute atomic E-state index is 0.0441. The van der Waals surface area contributed by atoms with Crippen LogP contribution in [0.25, 0.3) is 0 Å². The van der Waals surface area contributed by atoms with E-state index in [9.17, 15) is 112 Å². The fourth-order valence-electron chi connectivity index (χ4n) is 12.9. The first-order chi connectivity index (χ1) is 54.8. The first-order valence-corrected chi connectivity index (χ1v) is 39.6. The second-order valence-corrected chi connectivity index (χ2v) is 30.4. The molecule has 2 aliphatic heterocycles. The lowest BCUT2D eigenvalue weighted by molar-refractivity contribution is -0.147. The first kappa shape index (κ1) is 97.5. The number of para-hydroxylation sites is 1. The van der Waals surface area contributed by atoms with Crippen molar-refractivity contribution in [3.63, 3.8) is 0 Å². The lowest BCUT2D eigenvalue weighted by Crippen LogP contribution is -2.62. The molecule has 24 N–H and O–H groups in total. The van der Waals surface area contributed by atoms with Gasteiger partial charge in [-0.2, -0.15) is 0 Å². The van der Waals surface area contributed by atoms with E-state index < -0.39 is 241 Å². The van der Waals surface area contributed by atoms with E-state index in [-0.39, 0.29) is 77.0 Å². The number of primary amides is 1. The summed E-state index contributed by atoms with van der Waals surface area (Å²) in [5.74, 6) is -22.4. The van der Waals surface area contributed by atoms with Crippen molar-refractivity contribution in [1.29, 1.82) is 0 Å². The van der Waals surface area contributed by atoms with Crippen LogP contribution in [-0.4, -0.2) is 264 Å². The molecular weight excluding hydrogens is 1540 g/mol. The zero-order valence-corrected chi connectivity index (χ0v) is 66.5. The number of carbonyl (C=O) groups excluding carboxylic acids is 14. The van der Waals surface area contributed by atoms with E-state index in [4.69, 9.17) is 22.9 Å². The molecule has 0 bridgehead atoms. The number of likely N-dealkylation sites (tertiary alicyclic amines) is 2. The maximum Gasteiger partial charge on any atom is 0.326 e. The van der Waals surface area contributed by atoms with Crippen molar-refractivity contribution in [2.24, 2.45) is 34.8 Å². The summed E-state index contributed by atoms with van der Waals surface area (Å²) in [6, 6.07) is -5.18. The Morgan fingerprint density at radius 2 is 0.905 bits per heavy atom. The number of unbranched alkanes of at least 4 members (excludes halogenated alkanes) is 2. The number of amides is 14. The summed E-state index contributed by atoms with van der Waals surface area (Å²) in [5, 5.41) is 77.4. The van der Waals surface area contributed by atoms with Gasteiger partial charge in [0, 0.05) is 37.4 Å². The van der Waals surface area contributed by atoms with E-state index in [0.29, 0.717) is 49.8 Å². The van der Waals surface area contributed by atoms with Crippen molar-refractivity contribution in [2.45, 2.75) is 235 Å². The second-order valence-electron chi connectivity index (χ2n) is 29.3. The highest BCUT2D eigenvalue weighted by Gasteiger charge is 2.45. The molecule has 40 nitrogen and oxygen atoms in total. The minimum Gasteiger partial charge on any atom is -0.481 e. The first-order valence-electron chi connectivity index (χ1n) is 38.5.